The maximum absolute atomic E-state index is 13.2. The van der Waals surface area contributed by atoms with Crippen LogP contribution < -0.4 is 0 Å². The Labute approximate surface area is 158 Å². The quantitative estimate of drug-likeness (QED) is 0.647. The molecule has 4 nitrogen and oxygen atoms in total. The lowest BCUT2D eigenvalue weighted by molar-refractivity contribution is 0.209. The molecular weight excluding hydrogens is 341 g/mol. The topological polar surface area (TPSA) is 42.2 Å². The molecule has 0 spiro atoms. The molecule has 0 aliphatic carbocycles. The summed E-state index contributed by atoms with van der Waals surface area (Å²) in [4.78, 5) is 6.92. The summed E-state index contributed by atoms with van der Waals surface area (Å²) in [5, 5.41) is 4.12. The summed E-state index contributed by atoms with van der Waals surface area (Å²) in [5.74, 6) is 6.96. The molecule has 136 valence electrons. The number of likely N-dealkylation sites (tertiary alicyclic amines) is 1. The van der Waals surface area contributed by atoms with Crippen LogP contribution in [-0.4, -0.2) is 28.1 Å². The minimum absolute atomic E-state index is 0.144. The van der Waals surface area contributed by atoms with Gasteiger partial charge in [-0.15, -0.1) is 0 Å². The Balaban J connectivity index is 1.48. The van der Waals surface area contributed by atoms with Crippen molar-refractivity contribution in [2.24, 2.45) is 0 Å². The van der Waals surface area contributed by atoms with Gasteiger partial charge in [0.1, 0.15) is 5.82 Å². The average molecular weight is 361 g/mol. The van der Waals surface area contributed by atoms with Crippen molar-refractivity contribution in [2.45, 2.75) is 25.8 Å². The molecule has 0 amide bonds. The largest absolute Gasteiger partial charge is 0.337 e. The third-order valence-electron chi connectivity index (χ3n) is 4.81. The molecule has 1 aliphatic heterocycles. The van der Waals surface area contributed by atoms with Gasteiger partial charge >= 0.3 is 0 Å². The number of nitrogens with zero attached hydrogens (tertiary/aromatic N) is 3. The zero-order valence-electron chi connectivity index (χ0n) is 15.2. The van der Waals surface area contributed by atoms with E-state index < -0.39 is 0 Å². The molecule has 3 aromatic rings. The van der Waals surface area contributed by atoms with Crippen molar-refractivity contribution in [1.82, 2.24) is 15.0 Å². The molecular formula is C22H20FN3O. The summed E-state index contributed by atoms with van der Waals surface area (Å²) in [6.07, 6.45) is 2.45. The van der Waals surface area contributed by atoms with Crippen molar-refractivity contribution in [3.05, 3.63) is 71.4 Å². The van der Waals surface area contributed by atoms with Gasteiger partial charge in [-0.3, -0.25) is 4.90 Å². The van der Waals surface area contributed by atoms with E-state index in [9.17, 15) is 4.39 Å². The third-order valence-corrected chi connectivity index (χ3v) is 4.81. The molecule has 0 N–H and O–H groups in total. The lowest BCUT2D eigenvalue weighted by Crippen LogP contribution is -2.23. The predicted molar refractivity (Wildman–Crippen MR) is 101 cm³/mol. The highest BCUT2D eigenvalue weighted by Gasteiger charge is 2.24. The highest BCUT2D eigenvalue weighted by atomic mass is 19.1. The molecule has 4 rings (SSSR count). The number of benzene rings is 2. The molecule has 1 saturated heterocycles. The lowest BCUT2D eigenvalue weighted by atomic mass is 10.1. The van der Waals surface area contributed by atoms with Gasteiger partial charge < -0.3 is 4.52 Å². The van der Waals surface area contributed by atoms with Crippen molar-refractivity contribution in [3.8, 4) is 23.2 Å². The highest BCUT2D eigenvalue weighted by molar-refractivity contribution is 5.56. The highest BCUT2D eigenvalue weighted by Crippen LogP contribution is 2.25. The monoisotopic (exact) mass is 361 g/mol. The third kappa shape index (κ3) is 4.07. The van der Waals surface area contributed by atoms with Crippen LogP contribution in [0.15, 0.2) is 53.1 Å². The van der Waals surface area contributed by atoms with Gasteiger partial charge in [-0.1, -0.05) is 23.1 Å². The normalized spacial score (nSPS) is 15.3. The first-order chi connectivity index (χ1) is 13.2. The van der Waals surface area contributed by atoms with Gasteiger partial charge in [-0.2, -0.15) is 4.98 Å². The minimum atomic E-state index is -0.284. The Kier molecular flexibility index (Phi) is 4.99. The maximum atomic E-state index is 13.2. The molecule has 1 aromatic heterocycles. The van der Waals surface area contributed by atoms with Gasteiger partial charge in [0.25, 0.3) is 0 Å². The summed E-state index contributed by atoms with van der Waals surface area (Å²) in [6.45, 7) is 4.27. The first kappa shape index (κ1) is 17.4. The summed E-state index contributed by atoms with van der Waals surface area (Å²) in [6, 6.07) is 14.1. The van der Waals surface area contributed by atoms with Crippen molar-refractivity contribution in [1.29, 1.82) is 0 Å². The van der Waals surface area contributed by atoms with Gasteiger partial charge in [0, 0.05) is 16.7 Å². The SMILES string of the molecule is CC(c1nc(-c2ccc(C#Cc3cccc(F)c3)cc2)no1)N1CCCC1. The van der Waals surface area contributed by atoms with Crippen LogP contribution in [0.1, 0.15) is 42.8 Å². The molecule has 0 bridgehead atoms. The van der Waals surface area contributed by atoms with Crippen LogP contribution in [0.3, 0.4) is 0 Å². The molecule has 2 aromatic carbocycles. The number of rotatable bonds is 3. The molecule has 5 heteroatoms. The van der Waals surface area contributed by atoms with Crippen LogP contribution >= 0.6 is 0 Å². The van der Waals surface area contributed by atoms with E-state index in [1.54, 1.807) is 12.1 Å². The molecule has 0 radical (unpaired) electrons. The van der Waals surface area contributed by atoms with Crippen LogP contribution in [-0.2, 0) is 0 Å². The van der Waals surface area contributed by atoms with Gasteiger partial charge in [-0.05, 0) is 75.3 Å². The first-order valence-electron chi connectivity index (χ1n) is 9.15. The molecule has 27 heavy (non-hydrogen) atoms. The fraction of sp³-hybridized carbons (Fsp3) is 0.273. The van der Waals surface area contributed by atoms with Gasteiger partial charge in [0.2, 0.25) is 11.7 Å². The Morgan fingerprint density at radius 1 is 1.04 bits per heavy atom. The Morgan fingerprint density at radius 2 is 1.78 bits per heavy atom. The minimum Gasteiger partial charge on any atom is -0.337 e. The average Bonchev–Trinajstić information content (AvgIpc) is 3.38. The van der Waals surface area contributed by atoms with E-state index in [0.29, 0.717) is 17.3 Å². The Morgan fingerprint density at radius 3 is 2.52 bits per heavy atom. The second-order valence-corrected chi connectivity index (χ2v) is 6.71. The summed E-state index contributed by atoms with van der Waals surface area (Å²) in [5.41, 5.74) is 2.38. The van der Waals surface area contributed by atoms with E-state index in [1.165, 1.54) is 25.0 Å². The smallest absolute Gasteiger partial charge is 0.244 e. The molecule has 1 aliphatic rings. The Hall–Kier alpha value is -2.97. The van der Waals surface area contributed by atoms with E-state index in [4.69, 9.17) is 4.52 Å². The number of hydrogen-bond donors (Lipinski definition) is 0. The van der Waals surface area contributed by atoms with E-state index in [-0.39, 0.29) is 11.9 Å². The van der Waals surface area contributed by atoms with Crippen LogP contribution in [0.2, 0.25) is 0 Å². The second-order valence-electron chi connectivity index (χ2n) is 6.71. The Bertz CT molecular complexity index is 979. The van der Waals surface area contributed by atoms with E-state index in [0.717, 1.165) is 24.2 Å². The van der Waals surface area contributed by atoms with Crippen LogP contribution in [0.5, 0.6) is 0 Å². The molecule has 1 unspecified atom stereocenters. The number of hydrogen-bond acceptors (Lipinski definition) is 4. The van der Waals surface area contributed by atoms with Crippen LogP contribution in [0.4, 0.5) is 4.39 Å². The predicted octanol–water partition coefficient (Wildman–Crippen LogP) is 4.43. The van der Waals surface area contributed by atoms with E-state index in [2.05, 4.69) is 33.8 Å². The first-order valence-corrected chi connectivity index (χ1v) is 9.15. The zero-order valence-corrected chi connectivity index (χ0v) is 15.2. The van der Waals surface area contributed by atoms with Crippen LogP contribution in [0, 0.1) is 17.7 Å². The fourth-order valence-corrected chi connectivity index (χ4v) is 3.22. The fourth-order valence-electron chi connectivity index (χ4n) is 3.22. The van der Waals surface area contributed by atoms with Gasteiger partial charge in [0.05, 0.1) is 6.04 Å². The van der Waals surface area contributed by atoms with Gasteiger partial charge in [-0.25, -0.2) is 4.39 Å². The van der Waals surface area contributed by atoms with Gasteiger partial charge in [0.15, 0.2) is 0 Å². The number of aromatic nitrogens is 2. The van der Waals surface area contributed by atoms with E-state index in [1.807, 2.05) is 24.3 Å². The van der Waals surface area contributed by atoms with Crippen molar-refractivity contribution in [2.75, 3.05) is 13.1 Å². The lowest BCUT2D eigenvalue weighted by Gasteiger charge is -2.19. The van der Waals surface area contributed by atoms with Crippen molar-refractivity contribution in [3.63, 3.8) is 0 Å². The van der Waals surface area contributed by atoms with Crippen molar-refractivity contribution < 1.29 is 8.91 Å². The zero-order chi connectivity index (χ0) is 18.6. The molecule has 0 saturated carbocycles. The van der Waals surface area contributed by atoms with Crippen LogP contribution in [0.25, 0.3) is 11.4 Å². The number of halogens is 1. The summed E-state index contributed by atoms with van der Waals surface area (Å²) in [7, 11) is 0. The molecule has 1 fully saturated rings. The molecule has 1 atom stereocenters. The standard InChI is InChI=1S/C22H20FN3O/c1-16(26-13-2-3-14-26)22-24-21(25-27-22)19-11-9-17(10-12-19)7-8-18-5-4-6-20(23)15-18/h4-6,9-12,15-16H,2-3,13-14H2,1H3. The van der Waals surface area contributed by atoms with Crippen molar-refractivity contribution >= 4 is 0 Å². The summed E-state index contributed by atoms with van der Waals surface area (Å²) >= 11 is 0. The summed E-state index contributed by atoms with van der Waals surface area (Å²) < 4.78 is 18.7. The van der Waals surface area contributed by atoms with E-state index >= 15 is 0 Å². The molecule has 2 heterocycles. The maximum Gasteiger partial charge on any atom is 0.244 e. The second kappa shape index (κ2) is 7.73.